The number of hydrogen-bond donors (Lipinski definition) is 4. The quantitative estimate of drug-likeness (QED) is 0.395. The topological polar surface area (TPSA) is 120 Å². The van der Waals surface area contributed by atoms with E-state index >= 15 is 0 Å². The predicted molar refractivity (Wildman–Crippen MR) is 55.4 cm³/mol. The van der Waals surface area contributed by atoms with Gasteiger partial charge in [0, 0.05) is 0 Å². The van der Waals surface area contributed by atoms with Gasteiger partial charge in [0.25, 0.3) is 0 Å². The molecule has 8 heteroatoms. The van der Waals surface area contributed by atoms with Gasteiger partial charge in [-0.2, -0.15) is 0 Å². The molecule has 1 heterocycles. The Kier molecular flexibility index (Phi) is 4.96. The van der Waals surface area contributed by atoms with Gasteiger partial charge in [-0.15, -0.1) is 0 Å². The fourth-order valence-corrected chi connectivity index (χ4v) is 1.04. The van der Waals surface area contributed by atoms with Crippen molar-refractivity contribution < 1.29 is 19.7 Å². The van der Waals surface area contributed by atoms with Crippen LogP contribution in [0.1, 0.15) is 6.42 Å². The molecule has 2 amide bonds. The van der Waals surface area contributed by atoms with E-state index in [0.29, 0.717) is 6.42 Å². The average molecular weight is 232 g/mol. The number of nitrogens with one attached hydrogen (secondary N) is 1. The Hall–Kier alpha value is -1.38. The van der Waals surface area contributed by atoms with E-state index in [4.69, 9.17) is 20.7 Å². The van der Waals surface area contributed by atoms with Crippen LogP contribution in [0.3, 0.4) is 0 Å². The lowest BCUT2D eigenvalue weighted by atomic mass is 10.3. The van der Waals surface area contributed by atoms with Crippen molar-refractivity contribution >= 4 is 12.0 Å². The fourth-order valence-electron chi connectivity index (χ4n) is 1.04. The first kappa shape index (κ1) is 12.7. The highest BCUT2D eigenvalue weighted by molar-refractivity contribution is 5.96. The minimum Gasteiger partial charge on any atom is -0.394 e. The second-order valence-corrected chi connectivity index (χ2v) is 3.32. The summed E-state index contributed by atoms with van der Waals surface area (Å²) in [5.74, 6) is 0.0944. The second kappa shape index (κ2) is 6.26. The van der Waals surface area contributed by atoms with E-state index in [1.165, 1.54) is 4.90 Å². The van der Waals surface area contributed by atoms with Gasteiger partial charge in [0.15, 0.2) is 5.96 Å². The van der Waals surface area contributed by atoms with Gasteiger partial charge in [0.2, 0.25) is 0 Å². The molecule has 8 nitrogen and oxygen atoms in total. The van der Waals surface area contributed by atoms with Crippen LogP contribution in [0.15, 0.2) is 4.99 Å². The fraction of sp³-hybridized carbons (Fsp3) is 0.750. The maximum absolute atomic E-state index is 11.3. The van der Waals surface area contributed by atoms with Crippen molar-refractivity contribution in [3.8, 4) is 0 Å². The monoisotopic (exact) mass is 232 g/mol. The van der Waals surface area contributed by atoms with Gasteiger partial charge in [-0.25, -0.2) is 9.79 Å². The van der Waals surface area contributed by atoms with Gasteiger partial charge in [-0.1, -0.05) is 0 Å². The van der Waals surface area contributed by atoms with E-state index in [2.05, 4.69) is 10.3 Å². The molecule has 0 aromatic carbocycles. The number of aliphatic imine (C=N–C) groups is 1. The van der Waals surface area contributed by atoms with Gasteiger partial charge in [0.05, 0.1) is 19.3 Å². The summed E-state index contributed by atoms with van der Waals surface area (Å²) in [6.07, 6.45) is -0.471. The third-order valence-electron chi connectivity index (χ3n) is 1.99. The molecule has 0 aliphatic carbocycles. The first-order valence-corrected chi connectivity index (χ1v) is 4.86. The lowest BCUT2D eigenvalue weighted by Crippen LogP contribution is -2.51. The highest BCUT2D eigenvalue weighted by Crippen LogP contribution is 1.97. The van der Waals surface area contributed by atoms with Gasteiger partial charge in [-0.05, 0) is 6.42 Å². The van der Waals surface area contributed by atoms with Crippen molar-refractivity contribution in [2.24, 2.45) is 10.7 Å². The molecule has 1 atom stereocenters. The number of nitrogens with two attached hydrogens (primary N) is 1. The standard InChI is InChI=1S/C8H16N4O4/c9-7-10-4-12(8(15)11-7)5-16-2-1-6(14)3-13/h6,13-14H,1-5H2,(H3,9,10,11,15)/t6-/m0/s1. The summed E-state index contributed by atoms with van der Waals surface area (Å²) in [6.45, 7) is 0.181. The molecule has 0 radical (unpaired) electrons. The van der Waals surface area contributed by atoms with Crippen LogP contribution in [0.2, 0.25) is 0 Å². The van der Waals surface area contributed by atoms with Crippen LogP contribution in [0.5, 0.6) is 0 Å². The smallest absolute Gasteiger partial charge is 0.327 e. The predicted octanol–water partition coefficient (Wildman–Crippen LogP) is -2.00. The number of aliphatic hydroxyl groups excluding tert-OH is 2. The lowest BCUT2D eigenvalue weighted by Gasteiger charge is -2.24. The molecule has 1 aliphatic heterocycles. The number of aliphatic hydroxyl groups is 2. The Balaban J connectivity index is 2.16. The number of nitrogens with zero attached hydrogens (tertiary/aromatic N) is 2. The zero-order chi connectivity index (χ0) is 12.0. The van der Waals surface area contributed by atoms with E-state index in [1.807, 2.05) is 0 Å². The van der Waals surface area contributed by atoms with Gasteiger partial charge >= 0.3 is 6.03 Å². The number of amides is 2. The van der Waals surface area contributed by atoms with Crippen LogP contribution in [0.25, 0.3) is 0 Å². The molecule has 1 aliphatic rings. The Morgan fingerprint density at radius 3 is 3.06 bits per heavy atom. The Bertz CT molecular complexity index is 271. The number of carbonyl (C=O) groups is 1. The first-order chi connectivity index (χ1) is 7.63. The number of rotatable bonds is 6. The minimum absolute atomic E-state index is 0.0702. The highest BCUT2D eigenvalue weighted by Gasteiger charge is 2.18. The Labute approximate surface area is 92.7 Å². The SMILES string of the molecule is NC1=NCN(COCC[C@H](O)CO)C(=O)N1. The normalized spacial score (nSPS) is 18.0. The van der Waals surface area contributed by atoms with Crippen molar-refractivity contribution in [3.05, 3.63) is 0 Å². The molecule has 1 rings (SSSR count). The van der Waals surface area contributed by atoms with Crippen molar-refractivity contribution in [3.63, 3.8) is 0 Å². The molecule has 0 saturated heterocycles. The average Bonchev–Trinajstić information content (AvgIpc) is 2.26. The Morgan fingerprint density at radius 2 is 2.44 bits per heavy atom. The molecule has 16 heavy (non-hydrogen) atoms. The third-order valence-corrected chi connectivity index (χ3v) is 1.99. The summed E-state index contributed by atoms with van der Waals surface area (Å²) in [7, 11) is 0. The molecule has 0 aromatic rings. The Morgan fingerprint density at radius 1 is 1.69 bits per heavy atom. The number of hydrogen-bond acceptors (Lipinski definition) is 6. The number of guanidine groups is 1. The largest absolute Gasteiger partial charge is 0.394 e. The lowest BCUT2D eigenvalue weighted by molar-refractivity contribution is 0.0156. The summed E-state index contributed by atoms with van der Waals surface area (Å²) in [5.41, 5.74) is 5.29. The molecule has 0 fully saturated rings. The van der Waals surface area contributed by atoms with Crippen molar-refractivity contribution in [1.29, 1.82) is 0 Å². The van der Waals surface area contributed by atoms with E-state index in [9.17, 15) is 4.79 Å². The van der Waals surface area contributed by atoms with E-state index in [0.717, 1.165) is 0 Å². The van der Waals surface area contributed by atoms with Crippen LogP contribution < -0.4 is 11.1 Å². The molecule has 0 aromatic heterocycles. The molecular formula is C8H16N4O4. The zero-order valence-electron chi connectivity index (χ0n) is 8.80. The van der Waals surface area contributed by atoms with Crippen molar-refractivity contribution in [2.45, 2.75) is 12.5 Å². The van der Waals surface area contributed by atoms with Gasteiger partial charge in [-0.3, -0.25) is 10.2 Å². The summed E-state index contributed by atoms with van der Waals surface area (Å²) >= 11 is 0. The van der Waals surface area contributed by atoms with Crippen LogP contribution in [-0.2, 0) is 4.74 Å². The summed E-state index contributed by atoms with van der Waals surface area (Å²) in [5, 5.41) is 19.9. The third kappa shape index (κ3) is 4.01. The minimum atomic E-state index is -0.788. The van der Waals surface area contributed by atoms with E-state index in [1.54, 1.807) is 0 Å². The summed E-state index contributed by atoms with van der Waals surface area (Å²) in [4.78, 5) is 16.4. The maximum atomic E-state index is 11.3. The van der Waals surface area contributed by atoms with Crippen molar-refractivity contribution in [2.75, 3.05) is 26.6 Å². The van der Waals surface area contributed by atoms with Crippen molar-refractivity contribution in [1.82, 2.24) is 10.2 Å². The van der Waals surface area contributed by atoms with Gasteiger partial charge in [0.1, 0.15) is 13.4 Å². The number of carbonyl (C=O) groups excluding carboxylic acids is 1. The molecule has 0 unspecified atom stereocenters. The van der Waals surface area contributed by atoms with Crippen LogP contribution >= 0.6 is 0 Å². The summed E-state index contributed by atoms with van der Waals surface area (Å²) < 4.78 is 5.14. The zero-order valence-corrected chi connectivity index (χ0v) is 8.80. The number of ether oxygens (including phenoxy) is 1. The maximum Gasteiger partial charge on any atom is 0.327 e. The first-order valence-electron chi connectivity index (χ1n) is 4.86. The molecule has 0 saturated carbocycles. The van der Waals surface area contributed by atoms with Crippen LogP contribution in [0, 0.1) is 0 Å². The van der Waals surface area contributed by atoms with Crippen LogP contribution in [0.4, 0.5) is 4.79 Å². The molecule has 92 valence electrons. The van der Waals surface area contributed by atoms with E-state index in [-0.39, 0.29) is 38.6 Å². The van der Waals surface area contributed by atoms with Gasteiger partial charge < -0.3 is 20.7 Å². The second-order valence-electron chi connectivity index (χ2n) is 3.32. The molecule has 0 spiro atoms. The number of urea groups is 1. The summed E-state index contributed by atoms with van der Waals surface area (Å²) in [6, 6.07) is -0.366. The highest BCUT2D eigenvalue weighted by atomic mass is 16.5. The van der Waals surface area contributed by atoms with E-state index < -0.39 is 6.10 Å². The molecule has 0 bridgehead atoms. The molecule has 5 N–H and O–H groups in total. The molecular weight excluding hydrogens is 216 g/mol. The van der Waals surface area contributed by atoms with Crippen LogP contribution in [-0.4, -0.2) is 59.8 Å².